The Bertz CT molecular complexity index is 855. The Kier molecular flexibility index (Phi) is 7.45. The zero-order chi connectivity index (χ0) is 22.7. The second kappa shape index (κ2) is 9.29. The molecule has 2 aromatic carbocycles. The minimum absolute atomic E-state index is 0.0888. The van der Waals surface area contributed by atoms with Gasteiger partial charge in [0.2, 0.25) is 6.29 Å². The van der Waals surface area contributed by atoms with Crippen LogP contribution in [0.15, 0.2) is 48.0 Å². The first-order valence-electron chi connectivity index (χ1n) is 11.0. The molecule has 0 amide bonds. The Labute approximate surface area is 184 Å². The first-order valence-corrected chi connectivity index (χ1v) is 11.0. The maximum atomic E-state index is 6.41. The average Bonchev–Trinajstić information content (AvgIpc) is 2.60. The van der Waals surface area contributed by atoms with Crippen molar-refractivity contribution in [2.75, 3.05) is 0 Å². The van der Waals surface area contributed by atoms with Crippen molar-refractivity contribution in [3.05, 3.63) is 64.7 Å². The van der Waals surface area contributed by atoms with E-state index in [0.717, 1.165) is 17.1 Å². The summed E-state index contributed by atoms with van der Waals surface area (Å²) < 4.78 is 12.7. The van der Waals surface area contributed by atoms with Gasteiger partial charge in [0, 0.05) is 11.5 Å². The van der Waals surface area contributed by atoms with E-state index in [4.69, 9.17) is 9.47 Å². The molecule has 0 bridgehead atoms. The molecule has 2 nitrogen and oxygen atoms in total. The van der Waals surface area contributed by atoms with Gasteiger partial charge in [-0.1, -0.05) is 85.2 Å². The molecule has 2 heteroatoms. The van der Waals surface area contributed by atoms with E-state index in [0.29, 0.717) is 0 Å². The fourth-order valence-corrected chi connectivity index (χ4v) is 3.14. The fraction of sp³-hybridized carbons (Fsp3) is 0.500. The third-order valence-corrected chi connectivity index (χ3v) is 5.08. The average molecular weight is 409 g/mol. The highest BCUT2D eigenvalue weighted by Crippen LogP contribution is 2.32. The first-order chi connectivity index (χ1) is 13.8. The minimum Gasteiger partial charge on any atom is -0.455 e. The normalized spacial score (nSPS) is 13.2. The van der Waals surface area contributed by atoms with Crippen molar-refractivity contribution in [1.82, 2.24) is 0 Å². The summed E-state index contributed by atoms with van der Waals surface area (Å²) in [4.78, 5) is 0. The zero-order valence-corrected chi connectivity index (χ0v) is 20.6. The van der Waals surface area contributed by atoms with Gasteiger partial charge in [0.05, 0.1) is 0 Å². The SMILES string of the molecule is CC(C)=Cc1cc(C(C)(C)C)ccc1OC(Oc1ccc(C(C)(C)C)cc1)C(C)C. The second-order valence-electron chi connectivity index (χ2n) is 10.8. The van der Waals surface area contributed by atoms with E-state index in [1.54, 1.807) is 0 Å². The van der Waals surface area contributed by atoms with Crippen molar-refractivity contribution < 1.29 is 9.47 Å². The lowest BCUT2D eigenvalue weighted by atomic mass is 9.86. The number of benzene rings is 2. The van der Waals surface area contributed by atoms with Crippen molar-refractivity contribution in [2.45, 2.75) is 86.4 Å². The van der Waals surface area contributed by atoms with Crippen LogP contribution >= 0.6 is 0 Å². The quantitative estimate of drug-likeness (QED) is 0.449. The molecule has 2 rings (SSSR count). The summed E-state index contributed by atoms with van der Waals surface area (Å²) in [5.41, 5.74) is 5.14. The Balaban J connectivity index is 2.31. The van der Waals surface area contributed by atoms with E-state index in [9.17, 15) is 0 Å². The summed E-state index contributed by atoms with van der Waals surface area (Å²) >= 11 is 0. The molecule has 0 radical (unpaired) electrons. The summed E-state index contributed by atoms with van der Waals surface area (Å²) in [6, 6.07) is 14.8. The lowest BCUT2D eigenvalue weighted by Crippen LogP contribution is -2.30. The van der Waals surface area contributed by atoms with Gasteiger partial charge in [0.15, 0.2) is 0 Å². The topological polar surface area (TPSA) is 18.5 Å². The van der Waals surface area contributed by atoms with Crippen LogP contribution in [0.2, 0.25) is 0 Å². The van der Waals surface area contributed by atoms with E-state index >= 15 is 0 Å². The molecule has 0 N–H and O–H groups in total. The molecule has 0 aromatic heterocycles. The highest BCUT2D eigenvalue weighted by atomic mass is 16.7. The van der Waals surface area contributed by atoms with Gasteiger partial charge in [0.25, 0.3) is 0 Å². The summed E-state index contributed by atoms with van der Waals surface area (Å²) in [6.45, 7) is 21.8. The van der Waals surface area contributed by atoms with Gasteiger partial charge in [-0.2, -0.15) is 0 Å². The predicted octanol–water partition coefficient (Wildman–Crippen LogP) is 8.14. The second-order valence-corrected chi connectivity index (χ2v) is 10.8. The van der Waals surface area contributed by atoms with E-state index in [-0.39, 0.29) is 23.0 Å². The monoisotopic (exact) mass is 408 g/mol. The molecule has 1 unspecified atom stereocenters. The van der Waals surface area contributed by atoms with Crippen LogP contribution in [0.4, 0.5) is 0 Å². The molecule has 164 valence electrons. The Morgan fingerprint density at radius 2 is 1.30 bits per heavy atom. The van der Waals surface area contributed by atoms with Crippen LogP contribution in [0, 0.1) is 5.92 Å². The molecule has 2 aromatic rings. The van der Waals surface area contributed by atoms with Crippen molar-refractivity contribution >= 4 is 6.08 Å². The third kappa shape index (κ3) is 6.65. The predicted molar refractivity (Wildman–Crippen MR) is 129 cm³/mol. The number of rotatable bonds is 6. The van der Waals surface area contributed by atoms with Gasteiger partial charge in [-0.25, -0.2) is 0 Å². The van der Waals surface area contributed by atoms with Crippen LogP contribution < -0.4 is 9.47 Å². The van der Waals surface area contributed by atoms with Crippen LogP contribution in [-0.4, -0.2) is 6.29 Å². The highest BCUT2D eigenvalue weighted by molar-refractivity contribution is 5.61. The van der Waals surface area contributed by atoms with Gasteiger partial charge in [-0.15, -0.1) is 0 Å². The summed E-state index contributed by atoms with van der Waals surface area (Å²) in [7, 11) is 0. The van der Waals surface area contributed by atoms with Crippen LogP contribution in [0.3, 0.4) is 0 Å². The van der Waals surface area contributed by atoms with E-state index in [2.05, 4.69) is 106 Å². The number of allylic oxidation sites excluding steroid dienone is 1. The van der Waals surface area contributed by atoms with Gasteiger partial charge < -0.3 is 9.47 Å². The van der Waals surface area contributed by atoms with Gasteiger partial charge >= 0.3 is 0 Å². The third-order valence-electron chi connectivity index (χ3n) is 5.08. The molecule has 1 atom stereocenters. The fourth-order valence-electron chi connectivity index (χ4n) is 3.14. The van der Waals surface area contributed by atoms with Crippen LogP contribution in [-0.2, 0) is 10.8 Å². The number of hydrogen-bond donors (Lipinski definition) is 0. The first kappa shape index (κ1) is 24.1. The van der Waals surface area contributed by atoms with Crippen molar-refractivity contribution in [3.63, 3.8) is 0 Å². The minimum atomic E-state index is -0.365. The Morgan fingerprint density at radius 1 is 0.767 bits per heavy atom. The van der Waals surface area contributed by atoms with Crippen molar-refractivity contribution in [1.29, 1.82) is 0 Å². The standard InChI is InChI=1S/C28H40O2/c1-19(2)17-21-18-23(28(8,9)10)13-16-25(21)30-26(20(3)4)29-24-14-11-22(12-15-24)27(5,6)7/h11-18,20,26H,1-10H3. The summed E-state index contributed by atoms with van der Waals surface area (Å²) in [5, 5.41) is 0. The Hall–Kier alpha value is -2.22. The van der Waals surface area contributed by atoms with Crippen LogP contribution in [0.5, 0.6) is 11.5 Å². The maximum Gasteiger partial charge on any atom is 0.243 e. The molecule has 0 fully saturated rings. The van der Waals surface area contributed by atoms with Crippen molar-refractivity contribution in [2.24, 2.45) is 5.92 Å². The van der Waals surface area contributed by atoms with Crippen molar-refractivity contribution in [3.8, 4) is 11.5 Å². The van der Waals surface area contributed by atoms with Gasteiger partial charge in [0.1, 0.15) is 11.5 Å². The molecule has 0 heterocycles. The molecule has 0 aliphatic heterocycles. The smallest absolute Gasteiger partial charge is 0.243 e. The lowest BCUT2D eigenvalue weighted by Gasteiger charge is -2.26. The molecule has 0 aliphatic rings. The molecule has 30 heavy (non-hydrogen) atoms. The van der Waals surface area contributed by atoms with Gasteiger partial charge in [-0.3, -0.25) is 0 Å². The van der Waals surface area contributed by atoms with Crippen LogP contribution in [0.1, 0.15) is 85.9 Å². The zero-order valence-electron chi connectivity index (χ0n) is 20.6. The Morgan fingerprint density at radius 3 is 1.77 bits per heavy atom. The number of ether oxygens (including phenoxy) is 2. The molecule has 0 aliphatic carbocycles. The van der Waals surface area contributed by atoms with E-state index in [1.165, 1.54) is 16.7 Å². The largest absolute Gasteiger partial charge is 0.455 e. The summed E-state index contributed by atoms with van der Waals surface area (Å²) in [5.74, 6) is 1.89. The molecular formula is C28H40O2. The lowest BCUT2D eigenvalue weighted by molar-refractivity contribution is -0.0299. The highest BCUT2D eigenvalue weighted by Gasteiger charge is 2.21. The van der Waals surface area contributed by atoms with Gasteiger partial charge in [-0.05, 0) is 60.1 Å². The number of hydrogen-bond acceptors (Lipinski definition) is 2. The molecular weight excluding hydrogens is 368 g/mol. The molecule has 0 saturated carbocycles. The van der Waals surface area contributed by atoms with E-state index in [1.807, 2.05) is 12.1 Å². The maximum absolute atomic E-state index is 6.41. The van der Waals surface area contributed by atoms with Crippen LogP contribution in [0.25, 0.3) is 6.08 Å². The molecule has 0 spiro atoms. The molecule has 0 saturated heterocycles. The summed E-state index contributed by atoms with van der Waals surface area (Å²) in [6.07, 6.45) is 1.82. The van der Waals surface area contributed by atoms with E-state index < -0.39 is 0 Å².